The fourth-order valence-electron chi connectivity index (χ4n) is 1.72. The minimum atomic E-state index is -2.84. The summed E-state index contributed by atoms with van der Waals surface area (Å²) in [6.07, 6.45) is 1.71. The lowest BCUT2D eigenvalue weighted by atomic mass is 10.1. The molecule has 0 aliphatic carbocycles. The Morgan fingerprint density at radius 3 is 2.81 bits per heavy atom. The average molecular weight is 297 g/mol. The fraction of sp³-hybridized carbons (Fsp3) is 0.400. The van der Waals surface area contributed by atoms with Gasteiger partial charge >= 0.3 is 6.61 Å². The van der Waals surface area contributed by atoms with E-state index in [0.717, 1.165) is 5.56 Å². The van der Waals surface area contributed by atoms with Crippen molar-refractivity contribution in [3.8, 4) is 5.75 Å². The Bertz CT molecular complexity index is 490. The largest absolute Gasteiger partial charge is 0.434 e. The first-order chi connectivity index (χ1) is 10.1. The third-order valence-electron chi connectivity index (χ3n) is 2.60. The molecule has 0 aliphatic rings. The van der Waals surface area contributed by atoms with Gasteiger partial charge in [-0.15, -0.1) is 6.58 Å². The lowest BCUT2D eigenvalue weighted by Gasteiger charge is -2.12. The number of aryl methyl sites for hydroxylation is 1. The number of hydrogen-bond acceptors (Lipinski definition) is 2. The second-order valence-corrected chi connectivity index (χ2v) is 4.35. The maximum atomic E-state index is 12.4. The van der Waals surface area contributed by atoms with Gasteiger partial charge in [-0.1, -0.05) is 23.8 Å². The topological polar surface area (TPSA) is 45.7 Å². The number of alkyl halides is 2. The Morgan fingerprint density at radius 1 is 1.43 bits per heavy atom. The molecule has 0 heterocycles. The van der Waals surface area contributed by atoms with Crippen molar-refractivity contribution in [3.05, 3.63) is 42.0 Å². The van der Waals surface area contributed by atoms with Crippen LogP contribution in [-0.4, -0.2) is 25.7 Å². The van der Waals surface area contributed by atoms with Crippen LogP contribution in [0.3, 0.4) is 0 Å². The maximum Gasteiger partial charge on any atom is 0.387 e. The predicted molar refractivity (Wildman–Crippen MR) is 80.8 cm³/mol. The fourth-order valence-corrected chi connectivity index (χ4v) is 1.72. The van der Waals surface area contributed by atoms with E-state index in [4.69, 9.17) is 0 Å². The molecule has 0 amide bonds. The molecule has 0 bridgehead atoms. The first-order valence-corrected chi connectivity index (χ1v) is 6.74. The van der Waals surface area contributed by atoms with Crippen LogP contribution in [0.25, 0.3) is 0 Å². The minimum absolute atomic E-state index is 0.152. The van der Waals surface area contributed by atoms with Gasteiger partial charge in [-0.05, 0) is 19.9 Å². The average Bonchev–Trinajstić information content (AvgIpc) is 2.44. The van der Waals surface area contributed by atoms with E-state index < -0.39 is 6.61 Å². The first-order valence-electron chi connectivity index (χ1n) is 6.74. The molecule has 1 aromatic carbocycles. The van der Waals surface area contributed by atoms with Crippen LogP contribution in [0.2, 0.25) is 0 Å². The molecule has 0 atom stereocenters. The van der Waals surface area contributed by atoms with Crippen molar-refractivity contribution in [1.29, 1.82) is 0 Å². The molecule has 0 aliphatic heterocycles. The Labute approximate surface area is 123 Å². The van der Waals surface area contributed by atoms with Gasteiger partial charge in [0, 0.05) is 18.7 Å². The Balaban J connectivity index is 2.87. The number of hydrogen-bond donors (Lipinski definition) is 2. The molecule has 0 spiro atoms. The maximum absolute atomic E-state index is 12.4. The molecule has 0 fully saturated rings. The summed E-state index contributed by atoms with van der Waals surface area (Å²) in [6, 6.07) is 5.06. The van der Waals surface area contributed by atoms with Crippen molar-refractivity contribution >= 4 is 5.96 Å². The van der Waals surface area contributed by atoms with Crippen LogP contribution in [0, 0.1) is 6.92 Å². The summed E-state index contributed by atoms with van der Waals surface area (Å²) in [6.45, 7) is 6.13. The summed E-state index contributed by atoms with van der Waals surface area (Å²) in [5.74, 6) is 0.751. The number of nitrogens with one attached hydrogen (secondary N) is 2. The van der Waals surface area contributed by atoms with E-state index in [1.807, 2.05) is 13.8 Å². The molecule has 0 radical (unpaired) electrons. The van der Waals surface area contributed by atoms with Crippen molar-refractivity contribution < 1.29 is 13.5 Å². The smallest absolute Gasteiger partial charge is 0.387 e. The normalized spacial score (nSPS) is 11.4. The zero-order valence-corrected chi connectivity index (χ0v) is 12.3. The number of nitrogens with zero attached hydrogens (tertiary/aromatic N) is 1. The van der Waals surface area contributed by atoms with Crippen LogP contribution < -0.4 is 15.4 Å². The highest BCUT2D eigenvalue weighted by molar-refractivity contribution is 5.79. The van der Waals surface area contributed by atoms with Crippen molar-refractivity contribution in [1.82, 2.24) is 10.6 Å². The monoisotopic (exact) mass is 297 g/mol. The van der Waals surface area contributed by atoms with E-state index in [-0.39, 0.29) is 12.3 Å². The summed E-state index contributed by atoms with van der Waals surface area (Å²) in [5.41, 5.74) is 1.58. The molecule has 21 heavy (non-hydrogen) atoms. The SMILES string of the molecule is C=CCNC(=NCc1cc(C)ccc1OC(F)F)NCC. The van der Waals surface area contributed by atoms with Crippen molar-refractivity contribution in [2.24, 2.45) is 4.99 Å². The zero-order chi connectivity index (χ0) is 15.7. The van der Waals surface area contributed by atoms with E-state index in [1.54, 1.807) is 18.2 Å². The molecule has 1 rings (SSSR count). The molecule has 4 nitrogen and oxygen atoms in total. The third-order valence-corrected chi connectivity index (χ3v) is 2.60. The Hall–Kier alpha value is -2.11. The molecule has 0 aromatic heterocycles. The van der Waals surface area contributed by atoms with Crippen LogP contribution in [-0.2, 0) is 6.54 Å². The number of ether oxygens (including phenoxy) is 1. The van der Waals surface area contributed by atoms with Crippen LogP contribution in [0.1, 0.15) is 18.1 Å². The zero-order valence-electron chi connectivity index (χ0n) is 12.3. The molecule has 2 N–H and O–H groups in total. The molecule has 6 heteroatoms. The third kappa shape index (κ3) is 6.25. The highest BCUT2D eigenvalue weighted by Gasteiger charge is 2.09. The van der Waals surface area contributed by atoms with Gasteiger partial charge in [0.2, 0.25) is 0 Å². The molecule has 0 saturated carbocycles. The molecule has 0 saturated heterocycles. The predicted octanol–water partition coefficient (Wildman–Crippen LogP) is 2.84. The highest BCUT2D eigenvalue weighted by Crippen LogP contribution is 2.22. The number of halogens is 2. The molecule has 116 valence electrons. The lowest BCUT2D eigenvalue weighted by molar-refractivity contribution is -0.0504. The summed E-state index contributed by atoms with van der Waals surface area (Å²) in [4.78, 5) is 4.35. The summed E-state index contributed by atoms with van der Waals surface area (Å²) >= 11 is 0. The van der Waals surface area contributed by atoms with Crippen molar-refractivity contribution in [2.45, 2.75) is 27.0 Å². The van der Waals surface area contributed by atoms with E-state index >= 15 is 0 Å². The number of guanidine groups is 1. The van der Waals surface area contributed by atoms with Gasteiger partial charge in [0.15, 0.2) is 5.96 Å². The van der Waals surface area contributed by atoms with Gasteiger partial charge in [0.05, 0.1) is 6.54 Å². The summed E-state index contributed by atoms with van der Waals surface area (Å²) < 4.78 is 29.3. The highest BCUT2D eigenvalue weighted by atomic mass is 19.3. The van der Waals surface area contributed by atoms with Gasteiger partial charge in [0.1, 0.15) is 5.75 Å². The Kier molecular flexibility index (Phi) is 7.21. The lowest BCUT2D eigenvalue weighted by Crippen LogP contribution is -2.37. The minimum Gasteiger partial charge on any atom is -0.434 e. The standard InChI is InChI=1S/C15H21F2N3O/c1-4-8-19-15(18-5-2)20-10-12-9-11(3)6-7-13(12)21-14(16)17/h4,6-7,9,14H,1,5,8,10H2,2-3H3,(H2,18,19,20). The van der Waals surface area contributed by atoms with E-state index in [2.05, 4.69) is 26.9 Å². The van der Waals surface area contributed by atoms with Crippen LogP contribution >= 0.6 is 0 Å². The summed E-state index contributed by atoms with van der Waals surface area (Å²) in [7, 11) is 0. The number of benzene rings is 1. The first kappa shape index (κ1) is 16.9. The van der Waals surface area contributed by atoms with Crippen LogP contribution in [0.4, 0.5) is 8.78 Å². The van der Waals surface area contributed by atoms with Gasteiger partial charge in [-0.25, -0.2) is 4.99 Å². The van der Waals surface area contributed by atoms with Crippen LogP contribution in [0.5, 0.6) is 5.75 Å². The number of aliphatic imine (C=N–C) groups is 1. The van der Waals surface area contributed by atoms with Gasteiger partial charge in [-0.3, -0.25) is 0 Å². The van der Waals surface area contributed by atoms with Crippen molar-refractivity contribution in [3.63, 3.8) is 0 Å². The van der Waals surface area contributed by atoms with E-state index in [0.29, 0.717) is 24.6 Å². The van der Waals surface area contributed by atoms with E-state index in [1.165, 1.54) is 6.07 Å². The number of rotatable bonds is 7. The van der Waals surface area contributed by atoms with Gasteiger partial charge < -0.3 is 15.4 Å². The second kappa shape index (κ2) is 8.94. The van der Waals surface area contributed by atoms with E-state index in [9.17, 15) is 8.78 Å². The van der Waals surface area contributed by atoms with Gasteiger partial charge in [-0.2, -0.15) is 8.78 Å². The molecule has 0 unspecified atom stereocenters. The van der Waals surface area contributed by atoms with Crippen LogP contribution in [0.15, 0.2) is 35.8 Å². The molecule has 1 aromatic rings. The summed E-state index contributed by atoms with van der Waals surface area (Å²) in [5, 5.41) is 6.11. The second-order valence-electron chi connectivity index (χ2n) is 4.35. The molecular weight excluding hydrogens is 276 g/mol. The van der Waals surface area contributed by atoms with Crippen molar-refractivity contribution in [2.75, 3.05) is 13.1 Å². The molecular formula is C15H21F2N3O. The van der Waals surface area contributed by atoms with Gasteiger partial charge in [0.25, 0.3) is 0 Å². The Morgan fingerprint density at radius 2 is 2.19 bits per heavy atom. The quantitative estimate of drug-likeness (QED) is 0.462.